The first-order chi connectivity index (χ1) is 11.1. The number of hydrogen-bond acceptors (Lipinski definition) is 3. The van der Waals surface area contributed by atoms with Gasteiger partial charge in [0.2, 0.25) is 5.91 Å². The Morgan fingerprint density at radius 3 is 2.61 bits per heavy atom. The molecule has 1 aromatic rings. The Balaban J connectivity index is 1.58. The van der Waals surface area contributed by atoms with E-state index in [1.54, 1.807) is 14.2 Å². The summed E-state index contributed by atoms with van der Waals surface area (Å²) in [6.45, 7) is 2.01. The Bertz CT molecular complexity index is 572. The first-order valence-corrected chi connectivity index (χ1v) is 8.62. The molecule has 0 aromatic heterocycles. The van der Waals surface area contributed by atoms with Crippen LogP contribution in [0, 0.1) is 17.8 Å². The molecule has 126 valence electrons. The summed E-state index contributed by atoms with van der Waals surface area (Å²) in [5.74, 6) is 3.86. The molecule has 2 saturated carbocycles. The first kappa shape index (κ1) is 16.2. The molecule has 1 amide bonds. The van der Waals surface area contributed by atoms with Gasteiger partial charge >= 0.3 is 0 Å². The standard InChI is InChI=1S/C19H27NO3/c1-12(14-6-7-17(22-2)18(10-14)23-3)20-19(21)11-16-9-13-4-5-15(16)8-13/h6-7,10,12-13,15-16H,4-5,8-9,11H2,1-3H3,(H,20,21). The highest BCUT2D eigenvalue weighted by Gasteiger charge is 2.40. The molecule has 0 heterocycles. The van der Waals surface area contributed by atoms with Crippen molar-refractivity contribution in [3.8, 4) is 11.5 Å². The van der Waals surface area contributed by atoms with Gasteiger partial charge in [-0.1, -0.05) is 12.5 Å². The first-order valence-electron chi connectivity index (χ1n) is 8.62. The summed E-state index contributed by atoms with van der Waals surface area (Å²) in [6.07, 6.45) is 5.99. The number of carbonyl (C=O) groups excluding carboxylic acids is 1. The maximum atomic E-state index is 12.4. The van der Waals surface area contributed by atoms with Crippen LogP contribution in [0.3, 0.4) is 0 Å². The van der Waals surface area contributed by atoms with Crippen LogP contribution in [-0.2, 0) is 4.79 Å². The molecule has 2 aliphatic rings. The van der Waals surface area contributed by atoms with E-state index in [1.165, 1.54) is 25.7 Å². The molecule has 2 bridgehead atoms. The Hall–Kier alpha value is -1.71. The monoisotopic (exact) mass is 317 g/mol. The second kappa shape index (κ2) is 6.81. The Kier molecular flexibility index (Phi) is 4.79. The minimum atomic E-state index is -0.0269. The van der Waals surface area contributed by atoms with E-state index in [1.807, 2.05) is 25.1 Å². The van der Waals surface area contributed by atoms with Crippen LogP contribution in [0.2, 0.25) is 0 Å². The van der Waals surface area contributed by atoms with Gasteiger partial charge in [-0.2, -0.15) is 0 Å². The topological polar surface area (TPSA) is 47.6 Å². The van der Waals surface area contributed by atoms with Crippen molar-refractivity contribution in [1.29, 1.82) is 0 Å². The summed E-state index contributed by atoms with van der Waals surface area (Å²) in [7, 11) is 3.25. The summed E-state index contributed by atoms with van der Waals surface area (Å²) < 4.78 is 10.6. The Morgan fingerprint density at radius 1 is 1.22 bits per heavy atom. The third kappa shape index (κ3) is 3.46. The van der Waals surface area contributed by atoms with Crippen molar-refractivity contribution in [2.75, 3.05) is 14.2 Å². The van der Waals surface area contributed by atoms with Crippen LogP contribution in [0.5, 0.6) is 11.5 Å². The summed E-state index contributed by atoms with van der Waals surface area (Å²) in [4.78, 5) is 12.4. The van der Waals surface area contributed by atoms with Crippen molar-refractivity contribution in [3.05, 3.63) is 23.8 Å². The van der Waals surface area contributed by atoms with Gasteiger partial charge < -0.3 is 14.8 Å². The van der Waals surface area contributed by atoms with Gasteiger partial charge in [0, 0.05) is 6.42 Å². The maximum absolute atomic E-state index is 12.4. The molecule has 0 aliphatic heterocycles. The SMILES string of the molecule is COc1ccc(C(C)NC(=O)CC2CC3CCC2C3)cc1OC. The molecule has 4 unspecified atom stereocenters. The molecular weight excluding hydrogens is 290 g/mol. The molecule has 1 N–H and O–H groups in total. The van der Waals surface area contributed by atoms with Crippen LogP contribution in [0.1, 0.15) is 50.6 Å². The average Bonchev–Trinajstić information content (AvgIpc) is 3.16. The van der Waals surface area contributed by atoms with Crippen molar-refractivity contribution in [2.24, 2.45) is 17.8 Å². The number of nitrogens with one attached hydrogen (secondary N) is 1. The maximum Gasteiger partial charge on any atom is 0.220 e. The van der Waals surface area contributed by atoms with Crippen molar-refractivity contribution in [2.45, 2.75) is 45.1 Å². The van der Waals surface area contributed by atoms with E-state index in [2.05, 4.69) is 5.32 Å². The fourth-order valence-corrected chi connectivity index (χ4v) is 4.37. The summed E-state index contributed by atoms with van der Waals surface area (Å²) >= 11 is 0. The Labute approximate surface area is 138 Å². The molecule has 3 rings (SSSR count). The van der Waals surface area contributed by atoms with E-state index in [-0.39, 0.29) is 11.9 Å². The van der Waals surface area contributed by atoms with Crippen LogP contribution in [-0.4, -0.2) is 20.1 Å². The molecule has 2 fully saturated rings. The number of hydrogen-bond donors (Lipinski definition) is 1. The van der Waals surface area contributed by atoms with Crippen LogP contribution in [0.4, 0.5) is 0 Å². The van der Waals surface area contributed by atoms with Crippen LogP contribution in [0.25, 0.3) is 0 Å². The molecule has 4 heteroatoms. The quantitative estimate of drug-likeness (QED) is 0.870. The second-order valence-corrected chi connectivity index (χ2v) is 7.04. The lowest BCUT2D eigenvalue weighted by atomic mass is 9.86. The molecule has 2 aliphatic carbocycles. The predicted octanol–water partition coefficient (Wildman–Crippen LogP) is 3.71. The van der Waals surface area contributed by atoms with Crippen LogP contribution < -0.4 is 14.8 Å². The lowest BCUT2D eigenvalue weighted by Crippen LogP contribution is -2.29. The largest absolute Gasteiger partial charge is 0.493 e. The zero-order chi connectivity index (χ0) is 16.4. The molecule has 23 heavy (non-hydrogen) atoms. The number of benzene rings is 1. The van der Waals surface area contributed by atoms with Crippen molar-refractivity contribution >= 4 is 5.91 Å². The van der Waals surface area contributed by atoms with Crippen molar-refractivity contribution < 1.29 is 14.3 Å². The highest BCUT2D eigenvalue weighted by molar-refractivity contribution is 5.76. The van der Waals surface area contributed by atoms with Gasteiger partial charge in [-0.25, -0.2) is 0 Å². The van der Waals surface area contributed by atoms with Gasteiger partial charge in [0.25, 0.3) is 0 Å². The molecule has 4 atom stereocenters. The summed E-state index contributed by atoms with van der Waals surface area (Å²) in [5.41, 5.74) is 1.03. The van der Waals surface area contributed by atoms with E-state index < -0.39 is 0 Å². The number of ether oxygens (including phenoxy) is 2. The van der Waals surface area contributed by atoms with Gasteiger partial charge in [0.15, 0.2) is 11.5 Å². The molecule has 1 aromatic carbocycles. The predicted molar refractivity (Wildman–Crippen MR) is 89.7 cm³/mol. The minimum absolute atomic E-state index is 0.0269. The molecule has 0 saturated heterocycles. The number of rotatable bonds is 6. The lowest BCUT2D eigenvalue weighted by molar-refractivity contribution is -0.123. The van der Waals surface area contributed by atoms with Gasteiger partial charge in [-0.3, -0.25) is 4.79 Å². The fourth-order valence-electron chi connectivity index (χ4n) is 4.37. The summed E-state index contributed by atoms with van der Waals surface area (Å²) in [5, 5.41) is 3.14. The molecule has 4 nitrogen and oxygen atoms in total. The van der Waals surface area contributed by atoms with Gasteiger partial charge in [-0.05, 0) is 61.6 Å². The third-order valence-corrected chi connectivity index (χ3v) is 5.62. The minimum Gasteiger partial charge on any atom is -0.493 e. The highest BCUT2D eigenvalue weighted by atomic mass is 16.5. The zero-order valence-corrected chi connectivity index (χ0v) is 14.3. The van der Waals surface area contributed by atoms with E-state index in [0.29, 0.717) is 23.8 Å². The van der Waals surface area contributed by atoms with Crippen molar-refractivity contribution in [3.63, 3.8) is 0 Å². The number of amides is 1. The molecular formula is C19H27NO3. The van der Waals surface area contributed by atoms with Crippen LogP contribution >= 0.6 is 0 Å². The van der Waals surface area contributed by atoms with E-state index in [9.17, 15) is 4.79 Å². The Morgan fingerprint density at radius 2 is 2.00 bits per heavy atom. The molecule has 0 spiro atoms. The highest BCUT2D eigenvalue weighted by Crippen LogP contribution is 2.49. The lowest BCUT2D eigenvalue weighted by Gasteiger charge is -2.22. The van der Waals surface area contributed by atoms with Gasteiger partial charge in [-0.15, -0.1) is 0 Å². The van der Waals surface area contributed by atoms with E-state index >= 15 is 0 Å². The normalized spacial score (nSPS) is 26.8. The summed E-state index contributed by atoms with van der Waals surface area (Å²) in [6, 6.07) is 5.76. The van der Waals surface area contributed by atoms with Gasteiger partial charge in [0.05, 0.1) is 20.3 Å². The fraction of sp³-hybridized carbons (Fsp3) is 0.632. The average molecular weight is 317 g/mol. The van der Waals surface area contributed by atoms with E-state index in [0.717, 1.165) is 17.4 Å². The number of methoxy groups -OCH3 is 2. The molecule has 0 radical (unpaired) electrons. The van der Waals surface area contributed by atoms with Crippen molar-refractivity contribution in [1.82, 2.24) is 5.32 Å². The van der Waals surface area contributed by atoms with Gasteiger partial charge in [0.1, 0.15) is 0 Å². The zero-order valence-electron chi connectivity index (χ0n) is 14.3. The second-order valence-electron chi connectivity index (χ2n) is 7.04. The third-order valence-electron chi connectivity index (χ3n) is 5.62. The number of fused-ring (bicyclic) bond motifs is 2. The van der Waals surface area contributed by atoms with E-state index in [4.69, 9.17) is 9.47 Å². The smallest absolute Gasteiger partial charge is 0.220 e. The number of carbonyl (C=O) groups is 1. The van der Waals surface area contributed by atoms with Crippen LogP contribution in [0.15, 0.2) is 18.2 Å².